The van der Waals surface area contributed by atoms with Crippen molar-refractivity contribution in [1.29, 1.82) is 0 Å². The van der Waals surface area contributed by atoms with Crippen molar-refractivity contribution in [3.8, 4) is 0 Å². The van der Waals surface area contributed by atoms with Crippen LogP contribution in [0.5, 0.6) is 0 Å². The lowest BCUT2D eigenvalue weighted by atomic mass is 10.2. The number of aliphatic hydroxyl groups is 18. The molecule has 58 heavy (non-hydrogen) atoms. The maximum Gasteiger partial charge on any atom is 0.330 e. The maximum atomic E-state index is 10.9. The molecular formula is C32H64O26. The monoisotopic (exact) mass is 864 g/mol. The third kappa shape index (κ3) is 47.2. The van der Waals surface area contributed by atoms with Crippen molar-refractivity contribution in [1.82, 2.24) is 0 Å². The van der Waals surface area contributed by atoms with Gasteiger partial charge in [0.1, 0.15) is 61.0 Å². The lowest BCUT2D eigenvalue weighted by molar-refractivity contribution is -0.158. The summed E-state index contributed by atoms with van der Waals surface area (Å²) in [5.41, 5.74) is 0. The molecular weight excluding hydrogens is 800 g/mol. The van der Waals surface area contributed by atoms with Gasteiger partial charge >= 0.3 is 17.9 Å². The van der Waals surface area contributed by atoms with Gasteiger partial charge in [0.2, 0.25) is 0 Å². The number of ether oxygens (including phenoxy) is 3. The summed E-state index contributed by atoms with van der Waals surface area (Å²) >= 11 is 0. The second kappa shape index (κ2) is 46.5. The number of epoxide rings is 1. The van der Waals surface area contributed by atoms with Crippen molar-refractivity contribution in [2.75, 3.05) is 79.3 Å². The SMILES string of the molecule is C=CC(=O)O.C=CC(=O)O.C=CC(=O)O[C@@H](CO)[C@@H](CO)OCC1CO1.OC[C@@H](O)[C@@H](O)CO.OC[C@@H](O)[C@@H](O)CO.OC[C@@H](O)[C@@H](O)CO.OC[C@@H](O)[C@@H](O)CO. The third-order valence-electron chi connectivity index (χ3n) is 5.73. The normalized spacial score (nSPS) is 17.2. The number of hydrogen-bond donors (Lipinski definition) is 20. The fraction of sp³-hybridized carbons (Fsp3) is 0.719. The van der Waals surface area contributed by atoms with Crippen LogP contribution in [0.1, 0.15) is 0 Å². The maximum absolute atomic E-state index is 10.9. The molecule has 26 heteroatoms. The van der Waals surface area contributed by atoms with E-state index < -0.39 is 138 Å². The molecule has 0 aromatic rings. The van der Waals surface area contributed by atoms with Gasteiger partial charge in [0.05, 0.1) is 79.3 Å². The average molecular weight is 865 g/mol. The molecule has 0 amide bonds. The van der Waals surface area contributed by atoms with Gasteiger partial charge in [-0.05, 0) is 0 Å². The number of carbonyl (C=O) groups is 3. The van der Waals surface area contributed by atoms with E-state index >= 15 is 0 Å². The van der Waals surface area contributed by atoms with Crippen LogP contribution in [-0.2, 0) is 28.6 Å². The van der Waals surface area contributed by atoms with E-state index in [0.717, 1.165) is 18.2 Å². The van der Waals surface area contributed by atoms with Crippen LogP contribution >= 0.6 is 0 Å². The van der Waals surface area contributed by atoms with Crippen LogP contribution in [0.3, 0.4) is 0 Å². The van der Waals surface area contributed by atoms with Crippen LogP contribution in [0.15, 0.2) is 38.0 Å². The number of aliphatic hydroxyl groups excluding tert-OH is 18. The standard InChI is InChI=1S/C10H16O6.4C4H10O4.2C3H4O2/c1-2-10(13)16-9(4-12)8(3-11)15-6-7-5-14-7;4*5-1-3(7)4(8)2-6;2*1-2-3(4)5/h2,7-9,11-12H,1,3-6H2;4*3-8H,1-2H2;2*2H,1H2,(H,4,5)/t7?,8-,9+;4*3-,4+;;/m1....../s1. The van der Waals surface area contributed by atoms with E-state index in [2.05, 4.69) is 19.7 Å². The fourth-order valence-corrected chi connectivity index (χ4v) is 2.07. The second-order valence-corrected chi connectivity index (χ2v) is 10.5. The van der Waals surface area contributed by atoms with E-state index in [9.17, 15) is 14.4 Å². The van der Waals surface area contributed by atoms with E-state index in [1.165, 1.54) is 0 Å². The third-order valence-corrected chi connectivity index (χ3v) is 5.73. The topological polar surface area (TPSA) is 487 Å². The first-order valence-corrected chi connectivity index (χ1v) is 16.4. The van der Waals surface area contributed by atoms with Crippen LogP contribution in [0.2, 0.25) is 0 Å². The molecule has 0 aromatic heterocycles. The molecule has 1 rings (SSSR count). The van der Waals surface area contributed by atoms with Crippen LogP contribution in [-0.4, -0.2) is 266 Å². The predicted octanol–water partition coefficient (Wildman–Crippen LogP) is -9.86. The lowest BCUT2D eigenvalue weighted by Gasteiger charge is -2.23. The molecule has 1 unspecified atom stereocenters. The Morgan fingerprint density at radius 1 is 0.483 bits per heavy atom. The Morgan fingerprint density at radius 2 is 0.707 bits per heavy atom. The number of hydrogen-bond acceptors (Lipinski definition) is 24. The second-order valence-electron chi connectivity index (χ2n) is 10.5. The van der Waals surface area contributed by atoms with Crippen molar-refractivity contribution in [3.63, 3.8) is 0 Å². The first-order chi connectivity index (χ1) is 27.1. The summed E-state index contributed by atoms with van der Waals surface area (Å²) < 4.78 is 15.0. The zero-order chi connectivity index (χ0) is 46.8. The molecule has 26 nitrogen and oxygen atoms in total. The minimum absolute atomic E-state index is 0.0449. The van der Waals surface area contributed by atoms with Gasteiger partial charge in [-0.2, -0.15) is 0 Å². The zero-order valence-corrected chi connectivity index (χ0v) is 31.6. The Bertz CT molecular complexity index is 856. The van der Waals surface area contributed by atoms with Crippen molar-refractivity contribution >= 4 is 17.9 Å². The van der Waals surface area contributed by atoms with Gasteiger partial charge in [-0.15, -0.1) is 0 Å². The summed E-state index contributed by atoms with van der Waals surface area (Å²) in [5.74, 6) is -2.63. The first kappa shape index (κ1) is 66.6. The summed E-state index contributed by atoms with van der Waals surface area (Å²) in [4.78, 5) is 29.4. The van der Waals surface area contributed by atoms with E-state index in [-0.39, 0.29) is 12.7 Å². The van der Waals surface area contributed by atoms with Gasteiger partial charge in [-0.1, -0.05) is 19.7 Å². The van der Waals surface area contributed by atoms with Crippen molar-refractivity contribution < 1.29 is 131 Å². The highest BCUT2D eigenvalue weighted by atomic mass is 16.6. The summed E-state index contributed by atoms with van der Waals surface area (Å²) in [6.45, 7) is 5.13. The van der Waals surface area contributed by atoms with Crippen LogP contribution in [0, 0.1) is 0 Å². The number of carboxylic acids is 2. The average Bonchev–Trinajstić information content (AvgIpc) is 4.09. The zero-order valence-electron chi connectivity index (χ0n) is 31.6. The molecule has 0 radical (unpaired) electrons. The Labute approximate surface area is 333 Å². The van der Waals surface area contributed by atoms with Crippen molar-refractivity contribution in [3.05, 3.63) is 38.0 Å². The molecule has 0 aliphatic carbocycles. The Kier molecular flexibility index (Phi) is 53.4. The largest absolute Gasteiger partial charge is 0.478 e. The van der Waals surface area contributed by atoms with Crippen LogP contribution in [0.4, 0.5) is 0 Å². The van der Waals surface area contributed by atoms with E-state index in [4.69, 9.17) is 116 Å². The van der Waals surface area contributed by atoms with E-state index in [1.54, 1.807) is 0 Å². The number of aliphatic carboxylic acids is 2. The molecule has 0 saturated carbocycles. The van der Waals surface area contributed by atoms with Crippen molar-refractivity contribution in [2.24, 2.45) is 0 Å². The molecule has 20 N–H and O–H groups in total. The fourth-order valence-electron chi connectivity index (χ4n) is 2.07. The number of carboxylic acid groups (broad SMARTS) is 2. The molecule has 0 spiro atoms. The Morgan fingerprint density at radius 3 is 0.845 bits per heavy atom. The summed E-state index contributed by atoms with van der Waals surface area (Å²) in [6, 6.07) is 0. The number of esters is 1. The van der Waals surface area contributed by atoms with Gasteiger partial charge in [0.25, 0.3) is 0 Å². The highest BCUT2D eigenvalue weighted by Crippen LogP contribution is 2.12. The Hall–Kier alpha value is -3.17. The minimum atomic E-state index is -1.22. The summed E-state index contributed by atoms with van der Waals surface area (Å²) in [5, 5.41) is 166. The van der Waals surface area contributed by atoms with Gasteiger partial charge in [-0.25, -0.2) is 14.4 Å². The van der Waals surface area contributed by atoms with Gasteiger partial charge in [0.15, 0.2) is 6.10 Å². The first-order valence-electron chi connectivity index (χ1n) is 16.4. The van der Waals surface area contributed by atoms with Gasteiger partial charge in [-0.3, -0.25) is 0 Å². The smallest absolute Gasteiger partial charge is 0.330 e. The molecule has 348 valence electrons. The Balaban J connectivity index is -0.000000142. The van der Waals surface area contributed by atoms with Crippen LogP contribution in [0.25, 0.3) is 0 Å². The van der Waals surface area contributed by atoms with E-state index in [1.807, 2.05) is 0 Å². The molecule has 1 fully saturated rings. The molecule has 1 heterocycles. The highest BCUT2D eigenvalue weighted by Gasteiger charge is 2.29. The van der Waals surface area contributed by atoms with Gasteiger partial charge in [0, 0.05) is 18.2 Å². The van der Waals surface area contributed by atoms with Crippen molar-refractivity contribution in [2.45, 2.75) is 67.1 Å². The molecule has 1 aliphatic rings. The van der Waals surface area contributed by atoms with E-state index in [0.29, 0.717) is 13.2 Å². The number of carbonyl (C=O) groups excluding carboxylic acids is 1. The molecule has 0 bridgehead atoms. The number of rotatable bonds is 22. The minimum Gasteiger partial charge on any atom is -0.478 e. The summed E-state index contributed by atoms with van der Waals surface area (Å²) in [6.07, 6.45) is -8.72. The lowest BCUT2D eigenvalue weighted by Crippen LogP contribution is -2.39. The predicted molar refractivity (Wildman–Crippen MR) is 194 cm³/mol. The molecule has 11 atom stereocenters. The van der Waals surface area contributed by atoms with Crippen LogP contribution < -0.4 is 0 Å². The highest BCUT2D eigenvalue weighted by molar-refractivity contribution is 5.81. The molecule has 1 saturated heterocycles. The van der Waals surface area contributed by atoms with Gasteiger partial charge < -0.3 is 116 Å². The molecule has 0 aromatic carbocycles. The quantitative estimate of drug-likeness (QED) is 0.0273. The molecule has 1 aliphatic heterocycles. The summed E-state index contributed by atoms with van der Waals surface area (Å²) in [7, 11) is 0.